The molecule has 0 radical (unpaired) electrons. The second-order valence-electron chi connectivity index (χ2n) is 7.90. The Balaban J connectivity index is 1.24. The minimum atomic E-state index is -0.273. The predicted octanol–water partition coefficient (Wildman–Crippen LogP) is 1.85. The molecule has 0 aliphatic carbocycles. The van der Waals surface area contributed by atoms with Gasteiger partial charge in [0.2, 0.25) is 0 Å². The first-order chi connectivity index (χ1) is 18.8. The molecule has 12 heteroatoms. The fourth-order valence-corrected chi connectivity index (χ4v) is 3.61. The van der Waals surface area contributed by atoms with Gasteiger partial charge in [-0.25, -0.2) is 0 Å². The SMILES string of the molecule is O=C1c2ccccc2C(=O)N1CCOCCOCCOCCOCCOCCOCCOCCOCCI. The molecule has 1 aliphatic rings. The van der Waals surface area contributed by atoms with Crippen LogP contribution in [0.1, 0.15) is 20.7 Å². The molecule has 2 rings (SSSR count). The van der Waals surface area contributed by atoms with Crippen LogP contribution in [0.15, 0.2) is 24.3 Å². The smallest absolute Gasteiger partial charge is 0.261 e. The number of halogens is 1. The summed E-state index contributed by atoms with van der Waals surface area (Å²) in [4.78, 5) is 25.7. The van der Waals surface area contributed by atoms with E-state index in [1.807, 2.05) is 0 Å². The number of rotatable bonds is 26. The third kappa shape index (κ3) is 14.2. The summed E-state index contributed by atoms with van der Waals surface area (Å²) in [6.07, 6.45) is 0. The highest BCUT2D eigenvalue weighted by Gasteiger charge is 2.34. The fraction of sp³-hybridized carbons (Fsp3) is 0.692. The van der Waals surface area contributed by atoms with Crippen LogP contribution in [0.25, 0.3) is 0 Å². The van der Waals surface area contributed by atoms with Gasteiger partial charge in [-0.05, 0) is 12.1 Å². The highest BCUT2D eigenvalue weighted by atomic mass is 127. The minimum Gasteiger partial charge on any atom is -0.378 e. The van der Waals surface area contributed by atoms with Crippen molar-refractivity contribution < 1.29 is 47.5 Å². The molecule has 1 aromatic rings. The number of fused-ring (bicyclic) bond motifs is 1. The van der Waals surface area contributed by atoms with Gasteiger partial charge in [-0.15, -0.1) is 0 Å². The zero-order valence-corrected chi connectivity index (χ0v) is 24.1. The maximum Gasteiger partial charge on any atom is 0.261 e. The third-order valence-corrected chi connectivity index (χ3v) is 5.60. The average molecular weight is 654 g/mol. The number of hydrogen-bond acceptors (Lipinski definition) is 10. The van der Waals surface area contributed by atoms with Gasteiger partial charge in [0, 0.05) is 4.43 Å². The average Bonchev–Trinajstić information content (AvgIpc) is 3.18. The number of nitrogens with zero attached hydrogens (tertiary/aromatic N) is 1. The molecule has 1 aromatic carbocycles. The van der Waals surface area contributed by atoms with Gasteiger partial charge in [0.1, 0.15) is 0 Å². The molecule has 0 N–H and O–H groups in total. The lowest BCUT2D eigenvalue weighted by Gasteiger charge is -2.13. The Morgan fingerprint density at radius 2 is 0.763 bits per heavy atom. The van der Waals surface area contributed by atoms with Crippen LogP contribution in [-0.2, 0) is 37.9 Å². The standard InChI is InChI=1S/C26H40INO10/c27-5-7-31-9-11-33-13-15-35-17-19-37-21-22-38-20-18-36-16-14-34-12-10-32-8-6-28-25(29)23-3-1-2-4-24(23)26(28)30/h1-4H,5-22H2. The van der Waals surface area contributed by atoms with Crippen molar-refractivity contribution in [3.05, 3.63) is 35.4 Å². The highest BCUT2D eigenvalue weighted by Crippen LogP contribution is 2.21. The summed E-state index contributed by atoms with van der Waals surface area (Å²) in [6, 6.07) is 6.83. The summed E-state index contributed by atoms with van der Waals surface area (Å²) >= 11 is 2.27. The van der Waals surface area contributed by atoms with Crippen LogP contribution in [0, 0.1) is 0 Å². The van der Waals surface area contributed by atoms with Crippen molar-refractivity contribution in [1.29, 1.82) is 0 Å². The zero-order valence-electron chi connectivity index (χ0n) is 21.9. The summed E-state index contributed by atoms with van der Waals surface area (Å²) in [5.41, 5.74) is 0.893. The molecule has 0 aromatic heterocycles. The topological polar surface area (TPSA) is 111 Å². The lowest BCUT2D eigenvalue weighted by Crippen LogP contribution is -2.33. The molecule has 1 aliphatic heterocycles. The summed E-state index contributed by atoms with van der Waals surface area (Å²) < 4.78 is 44.4. The first kappa shape index (κ1) is 33.0. The van der Waals surface area contributed by atoms with E-state index >= 15 is 0 Å². The lowest BCUT2D eigenvalue weighted by atomic mass is 10.1. The maximum absolute atomic E-state index is 12.3. The van der Waals surface area contributed by atoms with E-state index in [4.69, 9.17) is 37.9 Å². The number of carbonyl (C=O) groups excluding carboxylic acids is 2. The molecule has 0 spiro atoms. The molecule has 2 amide bonds. The van der Waals surface area contributed by atoms with Crippen LogP contribution in [0.2, 0.25) is 0 Å². The van der Waals surface area contributed by atoms with Crippen LogP contribution >= 0.6 is 22.6 Å². The van der Waals surface area contributed by atoms with Gasteiger partial charge >= 0.3 is 0 Å². The first-order valence-electron chi connectivity index (χ1n) is 12.9. The Morgan fingerprint density at radius 1 is 0.474 bits per heavy atom. The van der Waals surface area contributed by atoms with E-state index in [0.717, 1.165) is 11.0 Å². The van der Waals surface area contributed by atoms with E-state index in [1.165, 1.54) is 4.90 Å². The van der Waals surface area contributed by atoms with E-state index in [2.05, 4.69) is 22.6 Å². The summed E-state index contributed by atoms with van der Waals surface area (Å²) in [5, 5.41) is 0. The molecular weight excluding hydrogens is 613 g/mol. The van der Waals surface area contributed by atoms with Crippen molar-refractivity contribution in [3.8, 4) is 0 Å². The third-order valence-electron chi connectivity index (χ3n) is 5.16. The van der Waals surface area contributed by atoms with Crippen LogP contribution in [-0.4, -0.2) is 133 Å². The van der Waals surface area contributed by atoms with Gasteiger partial charge < -0.3 is 37.9 Å². The minimum absolute atomic E-state index is 0.222. The van der Waals surface area contributed by atoms with Crippen molar-refractivity contribution in [3.63, 3.8) is 0 Å². The van der Waals surface area contributed by atoms with Crippen LogP contribution in [0.4, 0.5) is 0 Å². The van der Waals surface area contributed by atoms with Crippen molar-refractivity contribution in [1.82, 2.24) is 4.90 Å². The fourth-order valence-electron chi connectivity index (χ4n) is 3.29. The summed E-state index contributed by atoms with van der Waals surface area (Å²) in [5.74, 6) is -0.545. The zero-order chi connectivity index (χ0) is 27.1. The number of imide groups is 1. The van der Waals surface area contributed by atoms with Crippen LogP contribution < -0.4 is 0 Å². The summed E-state index contributed by atoms with van der Waals surface area (Å²) in [7, 11) is 0. The molecule has 0 atom stereocenters. The quantitative estimate of drug-likeness (QED) is 0.0636. The van der Waals surface area contributed by atoms with Gasteiger partial charge in [0.15, 0.2) is 0 Å². The molecule has 216 valence electrons. The highest BCUT2D eigenvalue weighted by molar-refractivity contribution is 14.1. The van der Waals surface area contributed by atoms with Gasteiger partial charge in [0.05, 0.1) is 123 Å². The van der Waals surface area contributed by atoms with Crippen LogP contribution in [0.3, 0.4) is 0 Å². The number of ether oxygens (including phenoxy) is 8. The molecule has 0 unspecified atom stereocenters. The van der Waals surface area contributed by atoms with Crippen molar-refractivity contribution >= 4 is 34.4 Å². The molecule has 0 saturated carbocycles. The van der Waals surface area contributed by atoms with E-state index in [9.17, 15) is 9.59 Å². The van der Waals surface area contributed by atoms with Crippen LogP contribution in [0.5, 0.6) is 0 Å². The Kier molecular flexibility index (Phi) is 19.6. The Labute approximate surface area is 238 Å². The number of benzene rings is 1. The Morgan fingerprint density at radius 3 is 1.08 bits per heavy atom. The van der Waals surface area contributed by atoms with Gasteiger partial charge in [-0.2, -0.15) is 0 Å². The monoisotopic (exact) mass is 653 g/mol. The molecule has 0 fully saturated rings. The molecule has 0 bridgehead atoms. The van der Waals surface area contributed by atoms with Crippen molar-refractivity contribution in [2.24, 2.45) is 0 Å². The second kappa shape index (κ2) is 22.6. The lowest BCUT2D eigenvalue weighted by molar-refractivity contribution is -0.0230. The molecule has 38 heavy (non-hydrogen) atoms. The Hall–Kier alpha value is -1.23. The maximum atomic E-state index is 12.3. The summed E-state index contributed by atoms with van der Waals surface area (Å²) in [6.45, 7) is 8.24. The van der Waals surface area contributed by atoms with E-state index in [-0.39, 0.29) is 25.0 Å². The number of amides is 2. The molecular formula is C26H40INO10. The molecule has 11 nitrogen and oxygen atoms in total. The van der Waals surface area contributed by atoms with Gasteiger partial charge in [-0.3, -0.25) is 14.5 Å². The van der Waals surface area contributed by atoms with Gasteiger partial charge in [-0.1, -0.05) is 34.7 Å². The van der Waals surface area contributed by atoms with E-state index in [1.54, 1.807) is 24.3 Å². The number of alkyl halides is 1. The number of hydrogen-bond donors (Lipinski definition) is 0. The van der Waals surface area contributed by atoms with Crippen molar-refractivity contribution in [2.75, 3.05) is 117 Å². The van der Waals surface area contributed by atoms with Gasteiger partial charge in [0.25, 0.3) is 11.8 Å². The Bertz CT molecular complexity index is 734. The molecule has 1 heterocycles. The normalized spacial score (nSPS) is 13.0. The van der Waals surface area contributed by atoms with E-state index < -0.39 is 0 Å². The predicted molar refractivity (Wildman–Crippen MR) is 147 cm³/mol. The van der Waals surface area contributed by atoms with Crippen molar-refractivity contribution in [2.45, 2.75) is 0 Å². The largest absolute Gasteiger partial charge is 0.378 e. The number of carbonyl (C=O) groups is 2. The molecule has 0 saturated heterocycles. The first-order valence-corrected chi connectivity index (χ1v) is 14.4. The van der Waals surface area contributed by atoms with E-state index in [0.29, 0.717) is 104 Å². The second-order valence-corrected chi connectivity index (χ2v) is 8.97.